The van der Waals surface area contributed by atoms with Gasteiger partial charge in [-0.25, -0.2) is 9.18 Å². The Morgan fingerprint density at radius 2 is 1.79 bits per heavy atom. The molecule has 0 aliphatic rings. The Balaban J connectivity index is 1.92. The highest BCUT2D eigenvalue weighted by Crippen LogP contribution is 2.21. The fraction of sp³-hybridized carbons (Fsp3) is 0.235. The molecule has 1 aromatic heterocycles. The molecule has 4 amide bonds. The molecule has 29 heavy (non-hydrogen) atoms. The summed E-state index contributed by atoms with van der Waals surface area (Å²) < 4.78 is 54.9. The largest absolute Gasteiger partial charge is 0.469 e. The van der Waals surface area contributed by atoms with E-state index in [9.17, 15) is 31.9 Å². The standard InChI is InChI=1S/C17H16F4N4O4/c1-9-11(4-5-29-9)15(27)25-13-6-10(2-3-12(13)18)24-16(28)22-7-14(26)23-8-17(19,20)21/h2-6H,7-8H2,1H3,(H,23,26)(H,25,27)(H2,22,24,28). The van der Waals surface area contributed by atoms with E-state index < -0.39 is 42.9 Å². The highest BCUT2D eigenvalue weighted by atomic mass is 19.4. The second-order valence-corrected chi connectivity index (χ2v) is 5.74. The van der Waals surface area contributed by atoms with Gasteiger partial charge in [-0.3, -0.25) is 9.59 Å². The fourth-order valence-electron chi connectivity index (χ4n) is 2.11. The van der Waals surface area contributed by atoms with Crippen LogP contribution in [0.5, 0.6) is 0 Å². The summed E-state index contributed by atoms with van der Waals surface area (Å²) in [6, 6.07) is 3.80. The molecule has 1 heterocycles. The Kier molecular flexibility index (Phi) is 6.80. The van der Waals surface area contributed by atoms with Crippen LogP contribution in [-0.2, 0) is 4.79 Å². The lowest BCUT2D eigenvalue weighted by Crippen LogP contribution is -2.42. The third-order valence-corrected chi connectivity index (χ3v) is 3.47. The first-order valence-corrected chi connectivity index (χ1v) is 8.08. The van der Waals surface area contributed by atoms with Gasteiger partial charge in [0.1, 0.15) is 18.1 Å². The number of nitrogens with one attached hydrogen (secondary N) is 4. The summed E-state index contributed by atoms with van der Waals surface area (Å²) in [5.41, 5.74) is 0.0421. The van der Waals surface area contributed by atoms with E-state index in [-0.39, 0.29) is 16.9 Å². The summed E-state index contributed by atoms with van der Waals surface area (Å²) >= 11 is 0. The molecule has 0 aliphatic heterocycles. The van der Waals surface area contributed by atoms with E-state index in [1.807, 2.05) is 5.32 Å². The molecule has 0 saturated heterocycles. The smallest absolute Gasteiger partial charge is 0.405 e. The van der Waals surface area contributed by atoms with Gasteiger partial charge < -0.3 is 25.7 Å². The van der Waals surface area contributed by atoms with Crippen molar-refractivity contribution < 1.29 is 36.4 Å². The van der Waals surface area contributed by atoms with Crippen molar-refractivity contribution >= 4 is 29.2 Å². The molecule has 2 aromatic rings. The number of anilines is 2. The molecular weight excluding hydrogens is 400 g/mol. The molecule has 0 bridgehead atoms. The average Bonchev–Trinajstić information content (AvgIpc) is 3.06. The molecule has 2 rings (SSSR count). The molecule has 0 atom stereocenters. The second-order valence-electron chi connectivity index (χ2n) is 5.74. The third kappa shape index (κ3) is 6.83. The van der Waals surface area contributed by atoms with E-state index in [2.05, 4.69) is 10.6 Å². The number of carbonyl (C=O) groups excluding carboxylic acids is 3. The van der Waals surface area contributed by atoms with Crippen molar-refractivity contribution in [2.24, 2.45) is 0 Å². The maximum absolute atomic E-state index is 13.9. The molecular formula is C17H16F4N4O4. The minimum absolute atomic E-state index is 0.0683. The predicted octanol–water partition coefficient (Wildman–Crippen LogP) is 2.78. The summed E-state index contributed by atoms with van der Waals surface area (Å²) in [5, 5.41) is 8.24. The van der Waals surface area contributed by atoms with Gasteiger partial charge in [0, 0.05) is 5.69 Å². The molecule has 0 radical (unpaired) electrons. The van der Waals surface area contributed by atoms with Gasteiger partial charge in [0.15, 0.2) is 0 Å². The lowest BCUT2D eigenvalue weighted by atomic mass is 10.2. The normalized spacial score (nSPS) is 10.9. The number of alkyl halides is 3. The topological polar surface area (TPSA) is 112 Å². The first-order chi connectivity index (χ1) is 13.5. The van der Waals surface area contributed by atoms with E-state index in [4.69, 9.17) is 4.42 Å². The van der Waals surface area contributed by atoms with Gasteiger partial charge in [-0.1, -0.05) is 0 Å². The van der Waals surface area contributed by atoms with E-state index >= 15 is 0 Å². The summed E-state index contributed by atoms with van der Waals surface area (Å²) in [5.74, 6) is -2.10. The van der Waals surface area contributed by atoms with Crippen LogP contribution < -0.4 is 21.3 Å². The SMILES string of the molecule is Cc1occc1C(=O)Nc1cc(NC(=O)NCC(=O)NCC(F)(F)F)ccc1F. The van der Waals surface area contributed by atoms with Crippen LogP contribution in [0.3, 0.4) is 0 Å². The van der Waals surface area contributed by atoms with Gasteiger partial charge in [-0.05, 0) is 31.2 Å². The maximum Gasteiger partial charge on any atom is 0.405 e. The molecule has 0 saturated carbocycles. The third-order valence-electron chi connectivity index (χ3n) is 3.47. The minimum Gasteiger partial charge on any atom is -0.469 e. The van der Waals surface area contributed by atoms with E-state index in [0.29, 0.717) is 5.76 Å². The molecule has 0 aliphatic carbocycles. The number of benzene rings is 1. The van der Waals surface area contributed by atoms with E-state index in [0.717, 1.165) is 12.1 Å². The number of hydrogen-bond donors (Lipinski definition) is 4. The van der Waals surface area contributed by atoms with Crippen molar-refractivity contribution in [1.82, 2.24) is 10.6 Å². The van der Waals surface area contributed by atoms with E-state index in [1.165, 1.54) is 18.4 Å². The van der Waals surface area contributed by atoms with Crippen LogP contribution >= 0.6 is 0 Å². The Labute approximate surface area is 161 Å². The zero-order valence-electron chi connectivity index (χ0n) is 14.9. The van der Waals surface area contributed by atoms with Gasteiger partial charge in [-0.15, -0.1) is 0 Å². The summed E-state index contributed by atoms with van der Waals surface area (Å²) in [6.07, 6.45) is -3.27. The lowest BCUT2D eigenvalue weighted by Gasteiger charge is -2.11. The number of aryl methyl sites for hydroxylation is 1. The van der Waals surface area contributed by atoms with Gasteiger partial charge >= 0.3 is 12.2 Å². The Morgan fingerprint density at radius 1 is 1.07 bits per heavy atom. The van der Waals surface area contributed by atoms with Crippen LogP contribution in [0, 0.1) is 12.7 Å². The van der Waals surface area contributed by atoms with Gasteiger partial charge in [-0.2, -0.15) is 13.2 Å². The molecule has 0 unspecified atom stereocenters. The number of halogens is 4. The molecule has 12 heteroatoms. The zero-order valence-corrected chi connectivity index (χ0v) is 14.9. The zero-order chi connectivity index (χ0) is 21.6. The van der Waals surface area contributed by atoms with Crippen molar-refractivity contribution in [1.29, 1.82) is 0 Å². The van der Waals surface area contributed by atoms with Crippen molar-refractivity contribution in [3.63, 3.8) is 0 Å². The number of urea groups is 1. The highest BCUT2D eigenvalue weighted by molar-refractivity contribution is 6.05. The van der Waals surface area contributed by atoms with Crippen LogP contribution in [0.4, 0.5) is 33.7 Å². The van der Waals surface area contributed by atoms with Crippen LogP contribution in [0.15, 0.2) is 34.9 Å². The number of amides is 4. The predicted molar refractivity (Wildman–Crippen MR) is 93.9 cm³/mol. The Morgan fingerprint density at radius 3 is 2.41 bits per heavy atom. The fourth-order valence-corrected chi connectivity index (χ4v) is 2.11. The lowest BCUT2D eigenvalue weighted by molar-refractivity contribution is -0.137. The summed E-state index contributed by atoms with van der Waals surface area (Å²) in [7, 11) is 0. The van der Waals surface area contributed by atoms with Crippen LogP contribution in [-0.4, -0.2) is 37.1 Å². The quantitative estimate of drug-likeness (QED) is 0.543. The van der Waals surface area contributed by atoms with Gasteiger partial charge in [0.25, 0.3) is 5.91 Å². The van der Waals surface area contributed by atoms with Crippen LogP contribution in [0.1, 0.15) is 16.1 Å². The Bertz CT molecular complexity index is 911. The summed E-state index contributed by atoms with van der Waals surface area (Å²) in [6.45, 7) is -0.669. The highest BCUT2D eigenvalue weighted by Gasteiger charge is 2.27. The van der Waals surface area contributed by atoms with Crippen LogP contribution in [0.25, 0.3) is 0 Å². The first-order valence-electron chi connectivity index (χ1n) is 8.08. The number of carbonyl (C=O) groups is 3. The average molecular weight is 416 g/mol. The first kappa shape index (κ1) is 21.7. The molecule has 4 N–H and O–H groups in total. The molecule has 156 valence electrons. The maximum atomic E-state index is 13.9. The second kappa shape index (κ2) is 9.08. The number of furan rings is 1. The van der Waals surface area contributed by atoms with Crippen LogP contribution in [0.2, 0.25) is 0 Å². The van der Waals surface area contributed by atoms with Crippen molar-refractivity contribution in [2.45, 2.75) is 13.1 Å². The molecule has 8 nitrogen and oxygen atoms in total. The minimum atomic E-state index is -4.57. The summed E-state index contributed by atoms with van der Waals surface area (Å²) in [4.78, 5) is 35.1. The monoisotopic (exact) mass is 416 g/mol. The number of rotatable bonds is 6. The molecule has 0 fully saturated rings. The molecule has 1 aromatic carbocycles. The Hall–Kier alpha value is -3.57. The van der Waals surface area contributed by atoms with Gasteiger partial charge in [0.05, 0.1) is 24.1 Å². The van der Waals surface area contributed by atoms with Crippen molar-refractivity contribution in [2.75, 3.05) is 23.7 Å². The van der Waals surface area contributed by atoms with Gasteiger partial charge in [0.2, 0.25) is 5.91 Å². The molecule has 0 spiro atoms. The van der Waals surface area contributed by atoms with Crippen molar-refractivity contribution in [3.8, 4) is 0 Å². The number of hydrogen-bond acceptors (Lipinski definition) is 4. The van der Waals surface area contributed by atoms with E-state index in [1.54, 1.807) is 12.2 Å². The van der Waals surface area contributed by atoms with Crippen molar-refractivity contribution in [3.05, 3.63) is 47.7 Å².